The minimum Gasteiger partial charge on any atom is -0.493 e. The van der Waals surface area contributed by atoms with Crippen LogP contribution < -0.4 is 9.47 Å². The van der Waals surface area contributed by atoms with E-state index >= 15 is 0 Å². The molecular formula is C27H21Br2NO5S2. The smallest absolute Gasteiger partial charge is 0.333 e. The molecule has 1 saturated heterocycles. The van der Waals surface area contributed by atoms with Crippen LogP contribution >= 0.6 is 55.8 Å². The topological polar surface area (TPSA) is 65.1 Å². The highest BCUT2D eigenvalue weighted by atomic mass is 79.9. The molecule has 3 aromatic rings. The molecule has 4 rings (SSSR count). The number of amides is 1. The quantitative estimate of drug-likeness (QED) is 0.147. The Hall–Kier alpha value is -2.66. The van der Waals surface area contributed by atoms with Gasteiger partial charge in [-0.1, -0.05) is 82.4 Å². The number of carbonyl (C=O) groups excluding carboxylic acids is 2. The number of thioether (sulfide) groups is 1. The minimum absolute atomic E-state index is 0.274. The SMILES string of the molecule is COC(=O)C(c1ccccc1)N1C(=O)/C(=C\c2cc(Br)c(OCc3ccc(Br)cc3)c(OC)c2)SC1=S. The van der Waals surface area contributed by atoms with E-state index in [0.29, 0.717) is 38.6 Å². The molecule has 0 saturated carbocycles. The van der Waals surface area contributed by atoms with Gasteiger partial charge in [-0.2, -0.15) is 0 Å². The third kappa shape index (κ3) is 6.26. The number of hydrogen-bond acceptors (Lipinski definition) is 7. The van der Waals surface area contributed by atoms with Gasteiger partial charge in [0, 0.05) is 4.47 Å². The monoisotopic (exact) mass is 661 g/mol. The van der Waals surface area contributed by atoms with Crippen LogP contribution in [0, 0.1) is 0 Å². The molecule has 0 bridgehead atoms. The van der Waals surface area contributed by atoms with E-state index in [1.807, 2.05) is 36.4 Å². The van der Waals surface area contributed by atoms with Crippen LogP contribution in [0.15, 0.2) is 80.6 Å². The summed E-state index contributed by atoms with van der Waals surface area (Å²) >= 11 is 13.6. The lowest BCUT2D eigenvalue weighted by molar-refractivity contribution is -0.148. The molecule has 0 radical (unpaired) electrons. The Labute approximate surface area is 241 Å². The highest BCUT2D eigenvalue weighted by molar-refractivity contribution is 9.10. The zero-order chi connectivity index (χ0) is 26.5. The molecule has 0 spiro atoms. The van der Waals surface area contributed by atoms with Gasteiger partial charge in [-0.25, -0.2) is 4.79 Å². The summed E-state index contributed by atoms with van der Waals surface area (Å²) in [6.07, 6.45) is 1.71. The van der Waals surface area contributed by atoms with E-state index in [1.165, 1.54) is 12.0 Å². The summed E-state index contributed by atoms with van der Waals surface area (Å²) in [6.45, 7) is 0.356. The van der Waals surface area contributed by atoms with Gasteiger partial charge in [-0.05, 0) is 63.0 Å². The van der Waals surface area contributed by atoms with Gasteiger partial charge in [0.25, 0.3) is 5.91 Å². The number of benzene rings is 3. The second kappa shape index (κ2) is 12.3. The molecule has 0 aromatic heterocycles. The molecule has 190 valence electrons. The number of halogens is 2. The highest BCUT2D eigenvalue weighted by Crippen LogP contribution is 2.41. The summed E-state index contributed by atoms with van der Waals surface area (Å²) in [7, 11) is 2.84. The van der Waals surface area contributed by atoms with Crippen molar-refractivity contribution in [3.05, 3.63) is 97.3 Å². The number of nitrogens with zero attached hydrogens (tertiary/aromatic N) is 1. The van der Waals surface area contributed by atoms with Crippen molar-refractivity contribution in [1.82, 2.24) is 4.90 Å². The van der Waals surface area contributed by atoms with E-state index < -0.39 is 12.0 Å². The van der Waals surface area contributed by atoms with Crippen LogP contribution in [0.4, 0.5) is 0 Å². The maximum absolute atomic E-state index is 13.4. The summed E-state index contributed by atoms with van der Waals surface area (Å²) in [5, 5.41) is 0. The van der Waals surface area contributed by atoms with Crippen molar-refractivity contribution >= 4 is 78.1 Å². The summed E-state index contributed by atoms with van der Waals surface area (Å²) in [4.78, 5) is 27.8. The molecule has 37 heavy (non-hydrogen) atoms. The van der Waals surface area contributed by atoms with Gasteiger partial charge in [-0.3, -0.25) is 9.69 Å². The number of esters is 1. The van der Waals surface area contributed by atoms with Crippen molar-refractivity contribution in [2.24, 2.45) is 0 Å². The van der Waals surface area contributed by atoms with Gasteiger partial charge < -0.3 is 14.2 Å². The van der Waals surface area contributed by atoms with E-state index in [4.69, 9.17) is 26.4 Å². The predicted molar refractivity (Wildman–Crippen MR) is 155 cm³/mol. The molecule has 1 aliphatic heterocycles. The molecule has 3 aromatic carbocycles. The third-order valence-corrected chi connectivity index (χ3v) is 7.92. The average molecular weight is 663 g/mol. The van der Waals surface area contributed by atoms with E-state index in [0.717, 1.165) is 21.8 Å². The third-order valence-electron chi connectivity index (χ3n) is 5.47. The van der Waals surface area contributed by atoms with Crippen LogP contribution in [0.3, 0.4) is 0 Å². The number of thiocarbonyl (C=S) groups is 1. The molecule has 1 amide bonds. The van der Waals surface area contributed by atoms with E-state index in [2.05, 4.69) is 31.9 Å². The van der Waals surface area contributed by atoms with Crippen molar-refractivity contribution < 1.29 is 23.8 Å². The van der Waals surface area contributed by atoms with Crippen LogP contribution in [0.5, 0.6) is 11.5 Å². The van der Waals surface area contributed by atoms with Crippen LogP contribution in [-0.4, -0.2) is 35.3 Å². The minimum atomic E-state index is -0.972. The average Bonchev–Trinajstić information content (AvgIpc) is 3.17. The highest BCUT2D eigenvalue weighted by Gasteiger charge is 2.41. The summed E-state index contributed by atoms with van der Waals surface area (Å²) in [5.41, 5.74) is 2.32. The van der Waals surface area contributed by atoms with Crippen LogP contribution in [0.2, 0.25) is 0 Å². The van der Waals surface area contributed by atoms with Gasteiger partial charge in [0.1, 0.15) is 10.9 Å². The Kier molecular flexibility index (Phi) is 9.07. The first-order valence-corrected chi connectivity index (χ1v) is 13.8. The van der Waals surface area contributed by atoms with Crippen molar-refractivity contribution in [2.75, 3.05) is 14.2 Å². The van der Waals surface area contributed by atoms with E-state index in [-0.39, 0.29) is 10.2 Å². The number of carbonyl (C=O) groups is 2. The molecule has 1 atom stereocenters. The largest absolute Gasteiger partial charge is 0.493 e. The Morgan fingerprint density at radius 3 is 2.43 bits per heavy atom. The first-order chi connectivity index (χ1) is 17.8. The Morgan fingerprint density at radius 1 is 1.08 bits per heavy atom. The van der Waals surface area contributed by atoms with Crippen LogP contribution in [-0.2, 0) is 20.9 Å². The second-order valence-corrected chi connectivity index (χ2v) is 11.3. The van der Waals surface area contributed by atoms with Crippen LogP contribution in [0.1, 0.15) is 22.7 Å². The van der Waals surface area contributed by atoms with E-state index in [1.54, 1.807) is 43.5 Å². The standard InChI is InChI=1S/C27H21Br2NO5S2/c1-33-21-13-17(12-20(29)24(21)35-15-16-8-10-19(28)11-9-16)14-22-25(31)30(27(36)37-22)23(26(32)34-2)18-6-4-3-5-7-18/h3-14,23H,15H2,1-2H3/b22-14+. The number of rotatable bonds is 8. The maximum atomic E-state index is 13.4. The summed E-state index contributed by atoms with van der Waals surface area (Å²) in [5.74, 6) is 0.107. The van der Waals surface area contributed by atoms with Crippen LogP contribution in [0.25, 0.3) is 6.08 Å². The molecule has 0 N–H and O–H groups in total. The first kappa shape index (κ1) is 27.4. The molecule has 6 nitrogen and oxygen atoms in total. The molecule has 1 heterocycles. The second-order valence-electron chi connectivity index (χ2n) is 7.84. The molecule has 10 heteroatoms. The van der Waals surface area contributed by atoms with Crippen molar-refractivity contribution in [2.45, 2.75) is 12.6 Å². The lowest BCUT2D eigenvalue weighted by atomic mass is 10.1. The zero-order valence-electron chi connectivity index (χ0n) is 19.8. The Morgan fingerprint density at radius 2 is 1.78 bits per heavy atom. The van der Waals surface area contributed by atoms with Gasteiger partial charge in [0.15, 0.2) is 17.5 Å². The van der Waals surface area contributed by atoms with Crippen molar-refractivity contribution in [3.63, 3.8) is 0 Å². The van der Waals surface area contributed by atoms with Gasteiger partial charge >= 0.3 is 5.97 Å². The fourth-order valence-corrected chi connectivity index (χ4v) is 5.84. The molecule has 1 unspecified atom stereocenters. The molecule has 1 fully saturated rings. The molecule has 0 aliphatic carbocycles. The van der Waals surface area contributed by atoms with Crippen molar-refractivity contribution in [1.29, 1.82) is 0 Å². The number of methoxy groups -OCH3 is 2. The number of ether oxygens (including phenoxy) is 3. The van der Waals surface area contributed by atoms with Gasteiger partial charge in [-0.15, -0.1) is 0 Å². The van der Waals surface area contributed by atoms with Gasteiger partial charge in [0.2, 0.25) is 0 Å². The van der Waals surface area contributed by atoms with Crippen molar-refractivity contribution in [3.8, 4) is 11.5 Å². The predicted octanol–water partition coefficient (Wildman–Crippen LogP) is 6.91. The fourth-order valence-electron chi connectivity index (χ4n) is 3.69. The summed E-state index contributed by atoms with van der Waals surface area (Å²) < 4.78 is 18.5. The number of hydrogen-bond donors (Lipinski definition) is 0. The summed E-state index contributed by atoms with van der Waals surface area (Å²) in [6, 6.07) is 19.4. The first-order valence-electron chi connectivity index (χ1n) is 11.0. The lowest BCUT2D eigenvalue weighted by Gasteiger charge is -2.24. The maximum Gasteiger partial charge on any atom is 0.333 e. The fraction of sp³-hybridized carbons (Fsp3) is 0.148. The lowest BCUT2D eigenvalue weighted by Crippen LogP contribution is -2.37. The Bertz CT molecular complexity index is 1360. The molecule has 1 aliphatic rings. The zero-order valence-corrected chi connectivity index (χ0v) is 24.6. The molecular weight excluding hydrogens is 642 g/mol. The van der Waals surface area contributed by atoms with Gasteiger partial charge in [0.05, 0.1) is 23.6 Å². The van der Waals surface area contributed by atoms with E-state index in [9.17, 15) is 9.59 Å². The normalized spacial score (nSPS) is 15.1. The Balaban J connectivity index is 1.60.